The molecule has 8 aromatic rings. The van der Waals surface area contributed by atoms with Crippen molar-refractivity contribution in [3.8, 4) is 11.4 Å². The third-order valence-corrected chi connectivity index (χ3v) is 10.1. The van der Waals surface area contributed by atoms with E-state index in [9.17, 15) is 0 Å². The van der Waals surface area contributed by atoms with Crippen molar-refractivity contribution >= 4 is 65.9 Å². The van der Waals surface area contributed by atoms with E-state index in [-0.39, 0.29) is 0 Å². The van der Waals surface area contributed by atoms with Crippen molar-refractivity contribution in [2.24, 2.45) is 0 Å². The molecule has 0 N–H and O–H groups in total. The molecule has 6 aromatic carbocycles. The topological polar surface area (TPSA) is 9.86 Å². The van der Waals surface area contributed by atoms with Gasteiger partial charge in [0.05, 0.1) is 22.1 Å². The van der Waals surface area contributed by atoms with Crippen LogP contribution in [0.3, 0.4) is 0 Å². The molecule has 0 saturated heterocycles. The molecule has 0 aliphatic carbocycles. The summed E-state index contributed by atoms with van der Waals surface area (Å²) in [5.41, 5.74) is 14.7. The predicted octanol–water partition coefficient (Wildman–Crippen LogP) is 13.2. The minimum atomic E-state index is 0.836. The van der Waals surface area contributed by atoms with Crippen molar-refractivity contribution in [3.05, 3.63) is 194 Å². The van der Waals surface area contributed by atoms with Gasteiger partial charge in [-0.25, -0.2) is 0 Å². The van der Waals surface area contributed by atoms with E-state index in [1.165, 1.54) is 38.2 Å². The van der Waals surface area contributed by atoms with Crippen LogP contribution in [-0.4, -0.2) is 9.13 Å². The first-order chi connectivity index (χ1) is 24.4. The predicted molar refractivity (Wildman–Crippen MR) is 218 cm³/mol. The fourth-order valence-corrected chi connectivity index (χ4v) is 7.45. The molecule has 0 spiro atoms. The van der Waals surface area contributed by atoms with Gasteiger partial charge in [-0.3, -0.25) is 0 Å². The van der Waals surface area contributed by atoms with Gasteiger partial charge in [0.2, 0.25) is 0 Å². The Labute approximate surface area is 293 Å². The fourth-order valence-electron chi connectivity index (χ4n) is 7.45. The zero-order chi connectivity index (χ0) is 34.5. The maximum atomic E-state index is 4.66. The third-order valence-electron chi connectivity index (χ3n) is 10.1. The van der Waals surface area contributed by atoms with Gasteiger partial charge in [-0.15, -0.1) is 0 Å². The highest BCUT2D eigenvalue weighted by Crippen LogP contribution is 2.40. The second-order valence-corrected chi connectivity index (χ2v) is 12.9. The maximum Gasteiger partial charge on any atom is 0.0541 e. The number of aromatic nitrogens is 2. The van der Waals surface area contributed by atoms with Gasteiger partial charge in [-0.05, 0) is 107 Å². The van der Waals surface area contributed by atoms with Gasteiger partial charge < -0.3 is 9.13 Å². The number of hydrogen-bond acceptors (Lipinski definition) is 0. The van der Waals surface area contributed by atoms with Crippen molar-refractivity contribution < 1.29 is 0 Å². The molecule has 2 heterocycles. The number of allylic oxidation sites excluding steroid dienone is 6. The molecule has 2 heteroatoms. The van der Waals surface area contributed by atoms with Gasteiger partial charge in [0.1, 0.15) is 0 Å². The molecule has 0 bridgehead atoms. The van der Waals surface area contributed by atoms with E-state index < -0.39 is 0 Å². The first-order valence-corrected chi connectivity index (χ1v) is 17.0. The standard InChI is InChI=1S/C48H38N2/c1-7-31(3)43-29-35(49-45-21-13-9-17-39(45)40-18-10-14-22-46(40)49)25-27-37(43)33(5)34(6)38-28-26-36(30-44(38)32(4)8-2)50-47-23-15-11-19-41(47)42-20-12-16-24-48(42)50/h7-30H,1,3,5-6H2,2,4H3. The van der Waals surface area contributed by atoms with Gasteiger partial charge >= 0.3 is 0 Å². The highest BCUT2D eigenvalue weighted by atomic mass is 15.0. The normalized spacial score (nSPS) is 11.8. The Morgan fingerprint density at radius 1 is 0.480 bits per heavy atom. The van der Waals surface area contributed by atoms with Crippen LogP contribution in [0.25, 0.3) is 77.3 Å². The van der Waals surface area contributed by atoms with Crippen molar-refractivity contribution in [1.82, 2.24) is 9.13 Å². The lowest BCUT2D eigenvalue weighted by Gasteiger charge is -2.20. The number of fused-ring (bicyclic) bond motifs is 6. The van der Waals surface area contributed by atoms with Crippen LogP contribution in [0.5, 0.6) is 0 Å². The lowest BCUT2D eigenvalue weighted by atomic mass is 9.86. The van der Waals surface area contributed by atoms with E-state index in [0.717, 1.165) is 61.4 Å². The summed E-state index contributed by atoms with van der Waals surface area (Å²) in [5.74, 6) is 0. The first kappa shape index (κ1) is 30.9. The Hall–Kier alpha value is -6.38. The number of benzene rings is 6. The highest BCUT2D eigenvalue weighted by molar-refractivity contribution is 6.11. The van der Waals surface area contributed by atoms with Crippen molar-refractivity contribution in [3.63, 3.8) is 0 Å². The lowest BCUT2D eigenvalue weighted by Crippen LogP contribution is -2.01. The molecule has 0 amide bonds. The van der Waals surface area contributed by atoms with Gasteiger partial charge in [0, 0.05) is 32.9 Å². The van der Waals surface area contributed by atoms with Crippen LogP contribution in [0.15, 0.2) is 172 Å². The Morgan fingerprint density at radius 2 is 0.840 bits per heavy atom. The monoisotopic (exact) mass is 642 g/mol. The van der Waals surface area contributed by atoms with Gasteiger partial charge in [-0.2, -0.15) is 0 Å². The molecule has 2 aromatic heterocycles. The molecule has 0 atom stereocenters. The Kier molecular flexibility index (Phi) is 7.58. The van der Waals surface area contributed by atoms with E-state index in [0.29, 0.717) is 0 Å². The van der Waals surface area contributed by atoms with Crippen molar-refractivity contribution in [2.45, 2.75) is 13.8 Å². The van der Waals surface area contributed by atoms with E-state index in [4.69, 9.17) is 0 Å². The fraction of sp³-hybridized carbons (Fsp3) is 0.0417. The summed E-state index contributed by atoms with van der Waals surface area (Å²) in [6.07, 6.45) is 3.98. The summed E-state index contributed by atoms with van der Waals surface area (Å²) in [6.45, 7) is 22.0. The van der Waals surface area contributed by atoms with Gasteiger partial charge in [-0.1, -0.05) is 123 Å². The molecule has 2 nitrogen and oxygen atoms in total. The van der Waals surface area contributed by atoms with Crippen LogP contribution in [0, 0.1) is 0 Å². The number of rotatable bonds is 8. The summed E-state index contributed by atoms with van der Waals surface area (Å²) in [7, 11) is 0. The van der Waals surface area contributed by atoms with Crippen LogP contribution < -0.4 is 0 Å². The quantitative estimate of drug-likeness (QED) is 0.146. The number of hydrogen-bond donors (Lipinski definition) is 0. The smallest absolute Gasteiger partial charge is 0.0541 e. The summed E-state index contributed by atoms with van der Waals surface area (Å²) >= 11 is 0. The molecular weight excluding hydrogens is 605 g/mol. The highest BCUT2D eigenvalue weighted by Gasteiger charge is 2.19. The first-order valence-electron chi connectivity index (χ1n) is 17.0. The maximum absolute atomic E-state index is 4.66. The molecule has 0 aliphatic heterocycles. The van der Waals surface area contributed by atoms with Gasteiger partial charge in [0.25, 0.3) is 0 Å². The lowest BCUT2D eigenvalue weighted by molar-refractivity contribution is 1.17. The van der Waals surface area contributed by atoms with Crippen molar-refractivity contribution in [2.75, 3.05) is 0 Å². The number of para-hydroxylation sites is 4. The Balaban J connectivity index is 1.25. The van der Waals surface area contributed by atoms with Crippen LogP contribution in [-0.2, 0) is 0 Å². The second kappa shape index (κ2) is 12.3. The average molecular weight is 643 g/mol. The van der Waals surface area contributed by atoms with E-state index in [1.54, 1.807) is 0 Å². The largest absolute Gasteiger partial charge is 0.309 e. The minimum Gasteiger partial charge on any atom is -0.309 e. The molecule has 0 radical (unpaired) electrons. The van der Waals surface area contributed by atoms with E-state index >= 15 is 0 Å². The molecule has 0 unspecified atom stereocenters. The molecule has 0 aliphatic rings. The summed E-state index contributed by atoms with van der Waals surface area (Å²) in [5, 5.41) is 4.94. The minimum absolute atomic E-state index is 0.836. The Bertz CT molecular complexity index is 2460. The second-order valence-electron chi connectivity index (χ2n) is 12.9. The zero-order valence-electron chi connectivity index (χ0n) is 28.6. The Morgan fingerprint density at radius 3 is 1.22 bits per heavy atom. The molecule has 0 saturated carbocycles. The van der Waals surface area contributed by atoms with Crippen LogP contribution in [0.1, 0.15) is 36.1 Å². The molecular formula is C48H38N2. The van der Waals surface area contributed by atoms with Gasteiger partial charge in [0.15, 0.2) is 0 Å². The summed E-state index contributed by atoms with van der Waals surface area (Å²) < 4.78 is 4.69. The third kappa shape index (κ3) is 4.80. The number of nitrogens with zero attached hydrogens (tertiary/aromatic N) is 2. The van der Waals surface area contributed by atoms with Crippen LogP contribution in [0.4, 0.5) is 0 Å². The van der Waals surface area contributed by atoms with Crippen LogP contribution in [0.2, 0.25) is 0 Å². The average Bonchev–Trinajstić information content (AvgIpc) is 3.69. The molecule has 0 fully saturated rings. The van der Waals surface area contributed by atoms with Crippen LogP contribution >= 0.6 is 0 Å². The van der Waals surface area contributed by atoms with Crippen molar-refractivity contribution in [1.29, 1.82) is 0 Å². The summed E-state index contributed by atoms with van der Waals surface area (Å²) in [6, 6.07) is 47.6. The SMILES string of the molecule is C=CC(=C)c1cc(-n2c3ccccc3c3ccccc32)ccc1C(=C)C(=C)c1ccc(-n2c3ccccc3c3ccccc32)cc1C(C)=CC. The van der Waals surface area contributed by atoms with E-state index in [2.05, 4.69) is 189 Å². The molecule has 240 valence electrons. The zero-order valence-corrected chi connectivity index (χ0v) is 28.6. The summed E-state index contributed by atoms with van der Waals surface area (Å²) in [4.78, 5) is 0. The molecule has 8 rings (SSSR count). The van der Waals surface area contributed by atoms with E-state index in [1.807, 2.05) is 6.08 Å². The molecule has 50 heavy (non-hydrogen) atoms.